The van der Waals surface area contributed by atoms with Crippen molar-refractivity contribution < 1.29 is 0 Å². The molecule has 0 spiro atoms. The second-order valence-electron chi connectivity index (χ2n) is 9.36. The van der Waals surface area contributed by atoms with Gasteiger partial charge in [-0.1, -0.05) is 0 Å². The number of hydrogen-bond acceptors (Lipinski definition) is 0. The van der Waals surface area contributed by atoms with Crippen molar-refractivity contribution >= 4 is 22.5 Å². The molecule has 0 bridgehead atoms. The summed E-state index contributed by atoms with van der Waals surface area (Å²) in [6, 6.07) is 34.3. The van der Waals surface area contributed by atoms with Gasteiger partial charge in [0.05, 0.1) is 0 Å². The molecule has 0 radical (unpaired) electrons. The van der Waals surface area contributed by atoms with Crippen molar-refractivity contribution in [1.29, 1.82) is 0 Å². The molecule has 3 aromatic rings. The van der Waals surface area contributed by atoms with Gasteiger partial charge in [-0.15, -0.1) is 0 Å². The molecule has 0 N–H and O–H groups in total. The van der Waals surface area contributed by atoms with Gasteiger partial charge in [0.2, 0.25) is 0 Å². The Morgan fingerprint density at radius 2 is 0.963 bits per heavy atom. The molecule has 4 rings (SSSR count). The summed E-state index contributed by atoms with van der Waals surface area (Å²) in [5.41, 5.74) is 0.868. The van der Waals surface area contributed by atoms with Crippen molar-refractivity contribution in [2.75, 3.05) is 6.16 Å². The maximum absolute atomic E-state index is 2.57. The SMILES string of the molecule is C[C@H]1CP(c2ccccc2)(c2ccccc2)(c2ccccc2)[C@H]1C(C)(C)C. The summed E-state index contributed by atoms with van der Waals surface area (Å²) in [7, 11) is 0. The second-order valence-corrected chi connectivity index (χ2v) is 14.6. The van der Waals surface area contributed by atoms with E-state index < -0.39 is 6.60 Å². The normalized spacial score (nSPS) is 25.0. The van der Waals surface area contributed by atoms with Crippen molar-refractivity contribution in [1.82, 2.24) is 0 Å². The molecule has 1 aliphatic heterocycles. The third-order valence-electron chi connectivity index (χ3n) is 6.75. The monoisotopic (exact) mass is 374 g/mol. The van der Waals surface area contributed by atoms with Crippen LogP contribution >= 0.6 is 6.60 Å². The summed E-state index contributed by atoms with van der Waals surface area (Å²) in [5.74, 6) is 0.711. The first-order valence-electron chi connectivity index (χ1n) is 10.1. The Morgan fingerprint density at radius 3 is 1.22 bits per heavy atom. The quantitative estimate of drug-likeness (QED) is 0.525. The fourth-order valence-corrected chi connectivity index (χ4v) is 15.7. The van der Waals surface area contributed by atoms with E-state index in [4.69, 9.17) is 0 Å². The van der Waals surface area contributed by atoms with Gasteiger partial charge in [-0.25, -0.2) is 0 Å². The standard InChI is InChI=1S/C26H31P/c1-21-20-27(25(21)26(2,3)4,22-14-8-5-9-15-22,23-16-10-6-11-17-23)24-18-12-7-13-19-24/h5-19,21,25H,20H2,1-4H3/t21-,25+/m0/s1. The molecule has 1 saturated heterocycles. The molecular weight excluding hydrogens is 343 g/mol. The maximum atomic E-state index is 2.47. The van der Waals surface area contributed by atoms with Crippen LogP contribution in [0.1, 0.15) is 27.7 Å². The number of hydrogen-bond donors (Lipinski definition) is 0. The third kappa shape index (κ3) is 2.39. The zero-order valence-electron chi connectivity index (χ0n) is 17.0. The van der Waals surface area contributed by atoms with E-state index in [0.717, 1.165) is 0 Å². The van der Waals surface area contributed by atoms with Crippen LogP contribution in [0.25, 0.3) is 0 Å². The Labute approximate surface area is 164 Å². The van der Waals surface area contributed by atoms with Crippen LogP contribution in [0.2, 0.25) is 0 Å². The minimum absolute atomic E-state index is 0.233. The van der Waals surface area contributed by atoms with E-state index in [9.17, 15) is 0 Å². The molecule has 140 valence electrons. The fourth-order valence-electron chi connectivity index (χ4n) is 6.49. The van der Waals surface area contributed by atoms with Gasteiger partial charge in [0.1, 0.15) is 0 Å². The Hall–Kier alpha value is -1.91. The molecule has 0 saturated carbocycles. The summed E-state index contributed by atoms with van der Waals surface area (Å²) in [4.78, 5) is 0. The molecule has 1 heterocycles. The topological polar surface area (TPSA) is 0 Å². The van der Waals surface area contributed by atoms with Crippen LogP contribution in [0.3, 0.4) is 0 Å². The van der Waals surface area contributed by atoms with Crippen molar-refractivity contribution in [3.05, 3.63) is 91.0 Å². The van der Waals surface area contributed by atoms with E-state index in [1.54, 1.807) is 15.9 Å². The molecule has 27 heavy (non-hydrogen) atoms. The molecule has 1 fully saturated rings. The average Bonchev–Trinajstić information content (AvgIpc) is 2.66. The minimum atomic E-state index is -2.57. The Bertz CT molecular complexity index is 807. The van der Waals surface area contributed by atoms with E-state index in [1.165, 1.54) is 6.16 Å². The average molecular weight is 375 g/mol. The van der Waals surface area contributed by atoms with Crippen molar-refractivity contribution in [2.45, 2.75) is 33.4 Å². The second kappa shape index (κ2) is 6.32. The van der Waals surface area contributed by atoms with Gasteiger partial charge in [0, 0.05) is 0 Å². The molecule has 0 aromatic heterocycles. The molecule has 1 aliphatic rings. The molecule has 0 unspecified atom stereocenters. The fraction of sp³-hybridized carbons (Fsp3) is 0.308. The zero-order valence-corrected chi connectivity index (χ0v) is 17.9. The molecule has 0 nitrogen and oxygen atoms in total. The molecule has 3 aromatic carbocycles. The van der Waals surface area contributed by atoms with Gasteiger partial charge in [-0.3, -0.25) is 0 Å². The Balaban J connectivity index is 2.19. The zero-order chi connectivity index (χ0) is 19.1. The van der Waals surface area contributed by atoms with Crippen molar-refractivity contribution in [3.8, 4) is 0 Å². The Morgan fingerprint density at radius 1 is 0.630 bits per heavy atom. The van der Waals surface area contributed by atoms with Crippen LogP contribution < -0.4 is 15.9 Å². The summed E-state index contributed by atoms with van der Waals surface area (Å²) in [5, 5.41) is 4.66. The van der Waals surface area contributed by atoms with E-state index >= 15 is 0 Å². The van der Waals surface area contributed by atoms with E-state index in [0.29, 0.717) is 11.6 Å². The van der Waals surface area contributed by atoms with Crippen molar-refractivity contribution in [2.24, 2.45) is 11.3 Å². The van der Waals surface area contributed by atoms with Crippen LogP contribution in [0.4, 0.5) is 0 Å². The van der Waals surface area contributed by atoms with Crippen LogP contribution in [0.5, 0.6) is 0 Å². The van der Waals surface area contributed by atoms with Gasteiger partial charge in [-0.05, 0) is 0 Å². The van der Waals surface area contributed by atoms with Crippen LogP contribution in [-0.2, 0) is 0 Å². The van der Waals surface area contributed by atoms with E-state index in [1.807, 2.05) is 0 Å². The van der Waals surface area contributed by atoms with Crippen LogP contribution in [0.15, 0.2) is 91.0 Å². The van der Waals surface area contributed by atoms with E-state index in [2.05, 4.69) is 119 Å². The Kier molecular flexibility index (Phi) is 4.32. The predicted octanol–water partition coefficient (Wildman–Crippen LogP) is 5.58. The summed E-state index contributed by atoms with van der Waals surface area (Å²) >= 11 is 0. The molecule has 0 aliphatic carbocycles. The molecular formula is C26H31P. The molecule has 2 atom stereocenters. The van der Waals surface area contributed by atoms with Crippen LogP contribution in [0, 0.1) is 11.3 Å². The summed E-state index contributed by atoms with van der Waals surface area (Å²) < 4.78 is 0. The predicted molar refractivity (Wildman–Crippen MR) is 122 cm³/mol. The molecule has 0 amide bonds. The first-order chi connectivity index (χ1) is 12.9. The number of rotatable bonds is 3. The third-order valence-corrected chi connectivity index (χ3v) is 15.0. The van der Waals surface area contributed by atoms with Gasteiger partial charge in [-0.2, -0.15) is 0 Å². The van der Waals surface area contributed by atoms with Gasteiger partial charge >= 0.3 is 164 Å². The van der Waals surface area contributed by atoms with Gasteiger partial charge in [0.15, 0.2) is 0 Å². The van der Waals surface area contributed by atoms with Gasteiger partial charge < -0.3 is 0 Å². The van der Waals surface area contributed by atoms with Gasteiger partial charge in [0.25, 0.3) is 0 Å². The first kappa shape index (κ1) is 18.5. The molecule has 1 heteroatoms. The summed E-state index contributed by atoms with van der Waals surface area (Å²) in [6.07, 6.45) is 1.27. The number of benzene rings is 3. The first-order valence-corrected chi connectivity index (χ1v) is 12.6. The van der Waals surface area contributed by atoms with Crippen LogP contribution in [-0.4, -0.2) is 11.8 Å². The van der Waals surface area contributed by atoms with E-state index in [-0.39, 0.29) is 5.41 Å². The summed E-state index contributed by atoms with van der Waals surface area (Å²) in [6.45, 7) is 7.25. The van der Waals surface area contributed by atoms with Crippen molar-refractivity contribution in [3.63, 3.8) is 0 Å².